The molecule has 0 saturated heterocycles. The molecule has 3 nitrogen and oxygen atoms in total. The lowest BCUT2D eigenvalue weighted by atomic mass is 10.0. The molecule has 84 valence electrons. The van der Waals surface area contributed by atoms with Gasteiger partial charge in [-0.1, -0.05) is 31.2 Å². The summed E-state index contributed by atoms with van der Waals surface area (Å²) in [6, 6.07) is 10.8. The highest BCUT2D eigenvalue weighted by Crippen LogP contribution is 2.22. The second-order valence-corrected chi connectivity index (χ2v) is 5.26. The molecule has 0 heterocycles. The number of nitrogens with two attached hydrogens (primary N) is 1. The van der Waals surface area contributed by atoms with Gasteiger partial charge >= 0.3 is 0 Å². The van der Waals surface area contributed by atoms with Crippen LogP contribution in [0.25, 0.3) is 10.8 Å². The Balaban J connectivity index is 2.74. The number of sulfonamides is 1. The summed E-state index contributed by atoms with van der Waals surface area (Å²) in [5, 5.41) is 7.08. The molecular weight excluding hydrogens is 222 g/mol. The predicted octanol–water partition coefficient (Wildman–Crippen LogP) is 2.05. The highest BCUT2D eigenvalue weighted by Gasteiger charge is 2.08. The molecule has 2 N–H and O–H groups in total. The minimum absolute atomic E-state index is 0.160. The molecule has 0 aliphatic heterocycles. The van der Waals surface area contributed by atoms with Crippen molar-refractivity contribution in [2.75, 3.05) is 0 Å². The van der Waals surface area contributed by atoms with Crippen molar-refractivity contribution in [1.82, 2.24) is 0 Å². The third kappa shape index (κ3) is 1.94. The van der Waals surface area contributed by atoms with Crippen LogP contribution in [0.15, 0.2) is 41.3 Å². The lowest BCUT2D eigenvalue weighted by Gasteiger charge is -2.05. The monoisotopic (exact) mass is 235 g/mol. The summed E-state index contributed by atoms with van der Waals surface area (Å²) in [5.74, 6) is 0. The lowest BCUT2D eigenvalue weighted by Crippen LogP contribution is -2.11. The van der Waals surface area contributed by atoms with Crippen molar-refractivity contribution in [3.05, 3.63) is 42.0 Å². The Morgan fingerprint density at radius 3 is 2.56 bits per heavy atom. The van der Waals surface area contributed by atoms with Crippen molar-refractivity contribution in [2.24, 2.45) is 5.14 Å². The molecule has 2 rings (SSSR count). The van der Waals surface area contributed by atoms with Crippen molar-refractivity contribution in [2.45, 2.75) is 18.2 Å². The molecule has 16 heavy (non-hydrogen) atoms. The SMILES string of the molecule is CCc1cccc2cc(S(N)(=O)=O)ccc12. The zero-order chi connectivity index (χ0) is 11.8. The van der Waals surface area contributed by atoms with E-state index in [0.717, 1.165) is 17.2 Å². The highest BCUT2D eigenvalue weighted by molar-refractivity contribution is 7.89. The van der Waals surface area contributed by atoms with Crippen LogP contribution in [0.1, 0.15) is 12.5 Å². The molecule has 2 aromatic carbocycles. The van der Waals surface area contributed by atoms with Gasteiger partial charge in [-0.3, -0.25) is 0 Å². The van der Waals surface area contributed by atoms with Crippen molar-refractivity contribution >= 4 is 20.8 Å². The van der Waals surface area contributed by atoms with Gasteiger partial charge < -0.3 is 0 Å². The predicted molar refractivity (Wildman–Crippen MR) is 64.7 cm³/mol. The summed E-state index contributed by atoms with van der Waals surface area (Å²) in [7, 11) is -3.61. The van der Waals surface area contributed by atoms with Crippen molar-refractivity contribution in [3.63, 3.8) is 0 Å². The smallest absolute Gasteiger partial charge is 0.225 e. The van der Waals surface area contributed by atoms with E-state index in [1.165, 1.54) is 5.56 Å². The van der Waals surface area contributed by atoms with E-state index in [4.69, 9.17) is 5.14 Å². The molecular formula is C12H13NO2S. The molecule has 2 aromatic rings. The van der Waals surface area contributed by atoms with Gasteiger partial charge in [0.1, 0.15) is 0 Å². The third-order valence-electron chi connectivity index (χ3n) is 2.65. The Labute approximate surface area is 94.9 Å². The van der Waals surface area contributed by atoms with Crippen LogP contribution in [0.5, 0.6) is 0 Å². The Hall–Kier alpha value is -1.39. The molecule has 0 radical (unpaired) electrons. The minimum Gasteiger partial charge on any atom is -0.225 e. The maximum Gasteiger partial charge on any atom is 0.238 e. The molecule has 0 aliphatic carbocycles. The molecule has 4 heteroatoms. The number of primary sulfonamides is 1. The molecule has 0 aliphatic rings. The Bertz CT molecular complexity index is 633. The molecule has 0 bridgehead atoms. The highest BCUT2D eigenvalue weighted by atomic mass is 32.2. The molecule has 0 saturated carbocycles. The Morgan fingerprint density at radius 2 is 1.94 bits per heavy atom. The summed E-state index contributed by atoms with van der Waals surface area (Å²) in [6.07, 6.45) is 0.923. The molecule has 0 unspecified atom stereocenters. The summed E-state index contributed by atoms with van der Waals surface area (Å²) in [6.45, 7) is 2.07. The van der Waals surface area contributed by atoms with Crippen LogP contribution >= 0.6 is 0 Å². The summed E-state index contributed by atoms with van der Waals surface area (Å²) >= 11 is 0. The topological polar surface area (TPSA) is 60.2 Å². The first-order valence-corrected chi connectivity index (χ1v) is 6.61. The second kappa shape index (κ2) is 3.88. The van der Waals surface area contributed by atoms with Crippen molar-refractivity contribution < 1.29 is 8.42 Å². The standard InChI is InChI=1S/C12H13NO2S/c1-2-9-4-3-5-10-8-11(16(13,14)15)6-7-12(9)10/h3-8H,2H2,1H3,(H2,13,14,15). The van der Waals surface area contributed by atoms with Gasteiger partial charge in [-0.25, -0.2) is 13.6 Å². The average Bonchev–Trinajstić information content (AvgIpc) is 2.26. The number of hydrogen-bond acceptors (Lipinski definition) is 2. The van der Waals surface area contributed by atoms with Crippen LogP contribution in [0.4, 0.5) is 0 Å². The fourth-order valence-electron chi connectivity index (χ4n) is 1.81. The van der Waals surface area contributed by atoms with Gasteiger partial charge in [-0.15, -0.1) is 0 Å². The van der Waals surface area contributed by atoms with Gasteiger partial charge in [0, 0.05) is 0 Å². The first-order valence-electron chi connectivity index (χ1n) is 5.07. The normalized spacial score (nSPS) is 11.9. The van der Waals surface area contributed by atoms with Crippen LogP contribution in [-0.4, -0.2) is 8.42 Å². The molecule has 0 amide bonds. The van der Waals surface area contributed by atoms with E-state index in [1.54, 1.807) is 12.1 Å². The van der Waals surface area contributed by atoms with E-state index in [2.05, 4.69) is 6.92 Å². The van der Waals surface area contributed by atoms with Crippen LogP contribution < -0.4 is 5.14 Å². The fraction of sp³-hybridized carbons (Fsp3) is 0.167. The summed E-state index contributed by atoms with van der Waals surface area (Å²) in [4.78, 5) is 0.160. The number of benzene rings is 2. The second-order valence-electron chi connectivity index (χ2n) is 3.70. The Kier molecular flexibility index (Phi) is 2.69. The summed E-state index contributed by atoms with van der Waals surface area (Å²) in [5.41, 5.74) is 1.21. The lowest BCUT2D eigenvalue weighted by molar-refractivity contribution is 0.598. The van der Waals surface area contributed by atoms with Gasteiger partial charge in [-0.2, -0.15) is 0 Å². The number of hydrogen-bond donors (Lipinski definition) is 1. The van der Waals surface area contributed by atoms with E-state index in [-0.39, 0.29) is 4.90 Å². The molecule has 0 atom stereocenters. The number of rotatable bonds is 2. The van der Waals surface area contributed by atoms with Gasteiger partial charge in [0.2, 0.25) is 10.0 Å². The first kappa shape index (κ1) is 11.1. The van der Waals surface area contributed by atoms with E-state index in [1.807, 2.05) is 24.3 Å². The largest absolute Gasteiger partial charge is 0.238 e. The number of fused-ring (bicyclic) bond motifs is 1. The fourth-order valence-corrected chi connectivity index (χ4v) is 2.36. The quantitative estimate of drug-likeness (QED) is 0.866. The van der Waals surface area contributed by atoms with Gasteiger partial charge in [-0.05, 0) is 34.9 Å². The third-order valence-corrected chi connectivity index (χ3v) is 3.56. The first-order chi connectivity index (χ1) is 7.52. The molecule has 0 fully saturated rings. The van der Waals surface area contributed by atoms with Gasteiger partial charge in [0.25, 0.3) is 0 Å². The summed E-state index contributed by atoms with van der Waals surface area (Å²) < 4.78 is 22.4. The maximum absolute atomic E-state index is 11.2. The van der Waals surface area contributed by atoms with Gasteiger partial charge in [0.05, 0.1) is 4.90 Å². The van der Waals surface area contributed by atoms with E-state index >= 15 is 0 Å². The van der Waals surface area contributed by atoms with Crippen LogP contribution in [0.3, 0.4) is 0 Å². The maximum atomic E-state index is 11.2. The zero-order valence-electron chi connectivity index (χ0n) is 8.97. The van der Waals surface area contributed by atoms with Crippen LogP contribution in [-0.2, 0) is 16.4 Å². The van der Waals surface area contributed by atoms with Crippen LogP contribution in [0.2, 0.25) is 0 Å². The van der Waals surface area contributed by atoms with E-state index in [9.17, 15) is 8.42 Å². The van der Waals surface area contributed by atoms with Crippen molar-refractivity contribution in [1.29, 1.82) is 0 Å². The van der Waals surface area contributed by atoms with E-state index in [0.29, 0.717) is 0 Å². The van der Waals surface area contributed by atoms with Crippen LogP contribution in [0, 0.1) is 0 Å². The Morgan fingerprint density at radius 1 is 1.19 bits per heavy atom. The average molecular weight is 235 g/mol. The van der Waals surface area contributed by atoms with E-state index < -0.39 is 10.0 Å². The van der Waals surface area contributed by atoms with Gasteiger partial charge in [0.15, 0.2) is 0 Å². The molecule has 0 spiro atoms. The minimum atomic E-state index is -3.61. The number of aryl methyl sites for hydroxylation is 1. The molecule has 0 aromatic heterocycles. The zero-order valence-corrected chi connectivity index (χ0v) is 9.79. The van der Waals surface area contributed by atoms with Crippen molar-refractivity contribution in [3.8, 4) is 0 Å².